The summed E-state index contributed by atoms with van der Waals surface area (Å²) in [7, 11) is 1.95. The van der Waals surface area contributed by atoms with E-state index in [0.717, 1.165) is 31.2 Å². The maximum Gasteiger partial charge on any atom is 0.123 e. The Balaban J connectivity index is 1.86. The van der Waals surface area contributed by atoms with E-state index in [4.69, 9.17) is 11.6 Å². The van der Waals surface area contributed by atoms with Gasteiger partial charge in [0, 0.05) is 15.9 Å². The second-order valence-corrected chi connectivity index (χ2v) is 6.34. The van der Waals surface area contributed by atoms with E-state index in [1.165, 1.54) is 17.0 Å². The number of likely N-dealkylation sites (N-methyl/N-ethyl adjacent to an activating group) is 1. The molecule has 1 nitrogen and oxygen atoms in total. The largest absolute Gasteiger partial charge is 0.317 e. The molecule has 2 aromatic rings. The molecule has 0 bridgehead atoms. The fraction of sp³-hybridized carbons (Fsp3) is 0.375. The molecular weight excluding hydrogens is 293 g/mol. The van der Waals surface area contributed by atoms with E-state index in [9.17, 15) is 4.39 Å². The van der Waals surface area contributed by atoms with Crippen LogP contribution in [-0.4, -0.2) is 13.1 Å². The Morgan fingerprint density at radius 3 is 2.90 bits per heavy atom. The molecule has 1 aromatic carbocycles. The second-order valence-electron chi connectivity index (χ2n) is 4.90. The summed E-state index contributed by atoms with van der Waals surface area (Å²) in [5.74, 6) is -0.224. The minimum absolute atomic E-state index is 0.224. The van der Waals surface area contributed by atoms with Gasteiger partial charge in [-0.3, -0.25) is 0 Å². The summed E-state index contributed by atoms with van der Waals surface area (Å²) in [6.07, 6.45) is 4.05. The lowest BCUT2D eigenvalue weighted by molar-refractivity contribution is 0.501. The fourth-order valence-corrected chi connectivity index (χ4v) is 3.24. The van der Waals surface area contributed by atoms with Gasteiger partial charge in [0.2, 0.25) is 0 Å². The molecule has 1 atom stereocenters. The molecule has 0 aliphatic rings. The van der Waals surface area contributed by atoms with Gasteiger partial charge in [0.1, 0.15) is 5.82 Å². The van der Waals surface area contributed by atoms with Crippen molar-refractivity contribution < 1.29 is 4.39 Å². The maximum atomic E-state index is 13.3. The van der Waals surface area contributed by atoms with Gasteiger partial charge in [-0.15, -0.1) is 11.3 Å². The van der Waals surface area contributed by atoms with Crippen LogP contribution in [0, 0.1) is 5.82 Å². The first kappa shape index (κ1) is 15.5. The highest BCUT2D eigenvalue weighted by Crippen LogP contribution is 2.20. The average molecular weight is 312 g/mol. The topological polar surface area (TPSA) is 12.0 Å². The predicted molar refractivity (Wildman–Crippen MR) is 85.2 cm³/mol. The number of aryl methyl sites for hydroxylation is 1. The van der Waals surface area contributed by atoms with Crippen molar-refractivity contribution in [2.45, 2.75) is 31.7 Å². The van der Waals surface area contributed by atoms with Crippen molar-refractivity contribution >= 4 is 22.9 Å². The Hall–Kier alpha value is -0.900. The molecule has 0 saturated heterocycles. The van der Waals surface area contributed by atoms with Crippen LogP contribution in [0.3, 0.4) is 0 Å². The van der Waals surface area contributed by atoms with E-state index in [1.807, 2.05) is 7.05 Å². The van der Waals surface area contributed by atoms with Crippen LogP contribution in [0.4, 0.5) is 4.39 Å². The first-order valence-electron chi connectivity index (χ1n) is 6.82. The summed E-state index contributed by atoms with van der Waals surface area (Å²) < 4.78 is 13.3. The van der Waals surface area contributed by atoms with Crippen LogP contribution in [0.1, 0.15) is 23.3 Å². The van der Waals surface area contributed by atoms with Gasteiger partial charge in [-0.1, -0.05) is 17.7 Å². The molecule has 2 rings (SSSR count). The summed E-state index contributed by atoms with van der Waals surface area (Å²) in [4.78, 5) is 1.42. The first-order valence-corrected chi connectivity index (χ1v) is 8.08. The molecule has 108 valence electrons. The summed E-state index contributed by atoms with van der Waals surface area (Å²) in [6.45, 7) is 0. The Kier molecular flexibility index (Phi) is 6.02. The summed E-state index contributed by atoms with van der Waals surface area (Å²) >= 11 is 7.92. The summed E-state index contributed by atoms with van der Waals surface area (Å²) in [5.41, 5.74) is 0.877. The molecule has 0 fully saturated rings. The zero-order valence-corrected chi connectivity index (χ0v) is 13.1. The Bertz CT molecular complexity index is 527. The normalized spacial score (nSPS) is 12.6. The van der Waals surface area contributed by atoms with Gasteiger partial charge in [-0.05, 0) is 67.9 Å². The minimum Gasteiger partial charge on any atom is -0.317 e. The summed E-state index contributed by atoms with van der Waals surface area (Å²) in [5, 5.41) is 6.05. The number of nitrogens with one attached hydrogen (secondary N) is 1. The molecule has 1 aromatic heterocycles. The van der Waals surface area contributed by atoms with Gasteiger partial charge >= 0.3 is 0 Å². The molecular formula is C16H19ClFNS. The van der Waals surface area contributed by atoms with Crippen molar-refractivity contribution in [3.8, 4) is 0 Å². The van der Waals surface area contributed by atoms with Crippen molar-refractivity contribution in [1.82, 2.24) is 5.32 Å². The van der Waals surface area contributed by atoms with Crippen LogP contribution < -0.4 is 5.32 Å². The van der Waals surface area contributed by atoms with E-state index in [0.29, 0.717) is 11.1 Å². The predicted octanol–water partition coefficient (Wildman–Crippen LogP) is 4.69. The van der Waals surface area contributed by atoms with Crippen LogP contribution in [0.25, 0.3) is 0 Å². The van der Waals surface area contributed by atoms with Crippen molar-refractivity contribution in [3.63, 3.8) is 0 Å². The van der Waals surface area contributed by atoms with E-state index < -0.39 is 0 Å². The van der Waals surface area contributed by atoms with Crippen LogP contribution in [0.5, 0.6) is 0 Å². The molecule has 1 unspecified atom stereocenters. The Morgan fingerprint density at radius 2 is 2.20 bits per heavy atom. The van der Waals surface area contributed by atoms with Crippen molar-refractivity contribution in [2.24, 2.45) is 0 Å². The highest BCUT2D eigenvalue weighted by molar-refractivity contribution is 7.09. The second kappa shape index (κ2) is 7.77. The first-order chi connectivity index (χ1) is 9.69. The zero-order valence-electron chi connectivity index (χ0n) is 11.5. The van der Waals surface area contributed by atoms with Gasteiger partial charge in [0.25, 0.3) is 0 Å². The fourth-order valence-electron chi connectivity index (χ4n) is 2.29. The van der Waals surface area contributed by atoms with E-state index in [1.54, 1.807) is 17.4 Å². The van der Waals surface area contributed by atoms with Gasteiger partial charge in [0.15, 0.2) is 0 Å². The van der Waals surface area contributed by atoms with Gasteiger partial charge in [-0.2, -0.15) is 0 Å². The molecule has 0 spiro atoms. The third kappa shape index (κ3) is 4.58. The number of hydrogen-bond donors (Lipinski definition) is 1. The third-order valence-corrected chi connectivity index (χ3v) is 4.74. The number of rotatable bonds is 7. The monoisotopic (exact) mass is 311 g/mol. The zero-order chi connectivity index (χ0) is 14.4. The maximum absolute atomic E-state index is 13.3. The average Bonchev–Trinajstić information content (AvgIpc) is 2.94. The standard InChI is InChI=1S/C16H19ClFNS/c1-19-14(4-2-5-15-6-3-9-20-15)11-12-10-13(18)7-8-16(12)17/h3,6-10,14,19H,2,4-5,11H2,1H3. The number of hydrogen-bond acceptors (Lipinski definition) is 2. The number of thiophene rings is 1. The molecule has 20 heavy (non-hydrogen) atoms. The SMILES string of the molecule is CNC(CCCc1cccs1)Cc1cc(F)ccc1Cl. The molecule has 0 aliphatic heterocycles. The van der Waals surface area contributed by atoms with E-state index >= 15 is 0 Å². The molecule has 0 amide bonds. The van der Waals surface area contributed by atoms with Gasteiger partial charge in [0.05, 0.1) is 0 Å². The van der Waals surface area contributed by atoms with Crippen LogP contribution in [0.15, 0.2) is 35.7 Å². The summed E-state index contributed by atoms with van der Waals surface area (Å²) in [6, 6.07) is 9.15. The van der Waals surface area contributed by atoms with Gasteiger partial charge < -0.3 is 5.32 Å². The lowest BCUT2D eigenvalue weighted by Gasteiger charge is -2.17. The molecule has 4 heteroatoms. The van der Waals surface area contributed by atoms with Crippen LogP contribution in [-0.2, 0) is 12.8 Å². The Morgan fingerprint density at radius 1 is 1.35 bits per heavy atom. The molecule has 0 aliphatic carbocycles. The number of benzene rings is 1. The molecule has 0 saturated carbocycles. The Labute approximate surface area is 128 Å². The lowest BCUT2D eigenvalue weighted by atomic mass is 10.0. The van der Waals surface area contributed by atoms with Crippen molar-refractivity contribution in [3.05, 3.63) is 57.0 Å². The lowest BCUT2D eigenvalue weighted by Crippen LogP contribution is -2.27. The highest BCUT2D eigenvalue weighted by Gasteiger charge is 2.11. The highest BCUT2D eigenvalue weighted by atomic mass is 35.5. The van der Waals surface area contributed by atoms with Crippen molar-refractivity contribution in [1.29, 1.82) is 0 Å². The molecule has 0 radical (unpaired) electrons. The van der Waals surface area contributed by atoms with Crippen LogP contribution in [0.2, 0.25) is 5.02 Å². The van der Waals surface area contributed by atoms with Crippen molar-refractivity contribution in [2.75, 3.05) is 7.05 Å². The van der Waals surface area contributed by atoms with E-state index in [2.05, 4.69) is 22.8 Å². The number of halogens is 2. The third-order valence-electron chi connectivity index (χ3n) is 3.44. The molecule has 1 N–H and O–H groups in total. The van der Waals surface area contributed by atoms with Crippen LogP contribution >= 0.6 is 22.9 Å². The van der Waals surface area contributed by atoms with E-state index in [-0.39, 0.29) is 5.82 Å². The van der Waals surface area contributed by atoms with Gasteiger partial charge in [-0.25, -0.2) is 4.39 Å². The molecule has 1 heterocycles. The quantitative estimate of drug-likeness (QED) is 0.782. The smallest absolute Gasteiger partial charge is 0.123 e. The minimum atomic E-state index is -0.224.